The highest BCUT2D eigenvalue weighted by atomic mass is 32.1. The lowest BCUT2D eigenvalue weighted by Crippen LogP contribution is -2.38. The molecule has 1 amide bonds. The van der Waals surface area contributed by atoms with Crippen LogP contribution in [0.1, 0.15) is 78.1 Å². The zero-order valence-corrected chi connectivity index (χ0v) is 24.0. The second-order valence-corrected chi connectivity index (χ2v) is 13.1. The largest absolute Gasteiger partial charge is 0.481 e. The zero-order chi connectivity index (χ0) is 28.5. The van der Waals surface area contributed by atoms with Gasteiger partial charge in [0.2, 0.25) is 0 Å². The van der Waals surface area contributed by atoms with Crippen molar-refractivity contribution in [2.75, 3.05) is 24.5 Å². The minimum absolute atomic E-state index is 0.00872. The molecule has 212 valence electrons. The lowest BCUT2D eigenvalue weighted by molar-refractivity contribution is -0.139. The van der Waals surface area contributed by atoms with Gasteiger partial charge < -0.3 is 14.9 Å². The van der Waals surface area contributed by atoms with Gasteiger partial charge in [0.05, 0.1) is 18.2 Å². The van der Waals surface area contributed by atoms with E-state index in [1.807, 2.05) is 28.9 Å². The van der Waals surface area contributed by atoms with Crippen LogP contribution >= 0.6 is 11.3 Å². The van der Waals surface area contributed by atoms with Crippen LogP contribution in [0, 0.1) is 11.2 Å². The Morgan fingerprint density at radius 2 is 2.00 bits per heavy atom. The van der Waals surface area contributed by atoms with Gasteiger partial charge in [-0.1, -0.05) is 6.92 Å². The Bertz CT molecular complexity index is 1690. The summed E-state index contributed by atoms with van der Waals surface area (Å²) in [5.74, 6) is -0.980. The van der Waals surface area contributed by atoms with Crippen molar-refractivity contribution in [3.8, 4) is 11.3 Å². The summed E-state index contributed by atoms with van der Waals surface area (Å²) in [6.45, 7) is 5.96. The number of hydrogen-bond donors (Lipinski definition) is 1. The molecule has 3 aliphatic rings. The number of thiophene rings is 1. The highest BCUT2D eigenvalue weighted by Crippen LogP contribution is 2.42. The van der Waals surface area contributed by atoms with E-state index in [-0.39, 0.29) is 23.8 Å². The average Bonchev–Trinajstić information content (AvgIpc) is 3.31. The lowest BCUT2D eigenvalue weighted by atomic mass is 9.86. The molecule has 1 saturated carbocycles. The predicted octanol–water partition coefficient (Wildman–Crippen LogP) is 5.92. The summed E-state index contributed by atoms with van der Waals surface area (Å²) in [6, 6.07) is 10.8. The molecule has 0 bridgehead atoms. The number of nitrogens with zero attached hydrogens (tertiary/aromatic N) is 5. The number of amides is 1. The van der Waals surface area contributed by atoms with Crippen LogP contribution < -0.4 is 4.90 Å². The van der Waals surface area contributed by atoms with Crippen LogP contribution in [0.25, 0.3) is 16.9 Å². The molecule has 2 aliphatic heterocycles. The van der Waals surface area contributed by atoms with Gasteiger partial charge in [0.15, 0.2) is 5.65 Å². The van der Waals surface area contributed by atoms with Gasteiger partial charge >= 0.3 is 5.97 Å². The summed E-state index contributed by atoms with van der Waals surface area (Å²) >= 11 is 1.75. The number of carbonyl (C=O) groups excluding carboxylic acids is 1. The quantitative estimate of drug-likeness (QED) is 0.308. The van der Waals surface area contributed by atoms with Crippen molar-refractivity contribution < 1.29 is 19.1 Å². The van der Waals surface area contributed by atoms with Crippen molar-refractivity contribution in [2.45, 2.75) is 57.9 Å². The van der Waals surface area contributed by atoms with Crippen LogP contribution in [0.15, 0.2) is 41.8 Å². The molecule has 8 nitrogen and oxygen atoms in total. The third kappa shape index (κ3) is 4.67. The minimum atomic E-state index is -0.811. The number of carboxylic acids is 1. The number of aromatic nitrogens is 3. The summed E-state index contributed by atoms with van der Waals surface area (Å²) in [6.07, 6.45) is 3.75. The Hall–Kier alpha value is -3.79. The molecular weight excluding hydrogens is 541 g/mol. The molecule has 1 aromatic carbocycles. The first-order valence-corrected chi connectivity index (χ1v) is 15.1. The summed E-state index contributed by atoms with van der Waals surface area (Å²) < 4.78 is 17.3. The Balaban J connectivity index is 1.19. The van der Waals surface area contributed by atoms with Crippen LogP contribution in [0.3, 0.4) is 0 Å². The van der Waals surface area contributed by atoms with E-state index < -0.39 is 11.8 Å². The standard InChI is InChI=1S/C31H32FN5O3S/c1-18-21-8-12-41-27(21)7-10-36(18)30(40)25-14-26(19-3-4-19)37-28(33-25)15-24(34-37)22-6-5-20(13-23(22)32)35-11-9-31(2,17-35)16-29(38)39/h5-6,8,12-15,18-19H,3-4,7,9-11,16-17H2,1-2H3,(H,38,39)/t18-,31-/m1/s1. The maximum absolute atomic E-state index is 15.5. The van der Waals surface area contributed by atoms with E-state index >= 15 is 4.39 Å². The third-order valence-corrected chi connectivity index (χ3v) is 9.93. The summed E-state index contributed by atoms with van der Waals surface area (Å²) in [5.41, 5.74) is 4.35. The first-order valence-electron chi connectivity index (χ1n) is 14.2. The number of hydrogen-bond acceptors (Lipinski definition) is 6. The number of aliphatic carboxylic acids is 1. The second kappa shape index (κ2) is 9.65. The molecular formula is C31H32FN5O3S. The number of carboxylic acid groups (broad SMARTS) is 1. The van der Waals surface area contributed by atoms with Crippen molar-refractivity contribution in [1.29, 1.82) is 0 Å². The van der Waals surface area contributed by atoms with Crippen molar-refractivity contribution >= 4 is 34.5 Å². The number of rotatable bonds is 6. The molecule has 0 unspecified atom stereocenters. The highest BCUT2D eigenvalue weighted by Gasteiger charge is 2.36. The molecule has 2 fully saturated rings. The minimum Gasteiger partial charge on any atom is -0.481 e. The summed E-state index contributed by atoms with van der Waals surface area (Å²) in [4.78, 5) is 35.0. The van der Waals surface area contributed by atoms with Gasteiger partial charge in [-0.05, 0) is 79.3 Å². The topological polar surface area (TPSA) is 91.0 Å². The number of fused-ring (bicyclic) bond motifs is 2. The van der Waals surface area contributed by atoms with Crippen LogP contribution in [-0.4, -0.2) is 56.1 Å². The van der Waals surface area contributed by atoms with Crippen LogP contribution in [0.4, 0.5) is 10.1 Å². The average molecular weight is 574 g/mol. The van der Waals surface area contributed by atoms with Gasteiger partial charge in [-0.3, -0.25) is 9.59 Å². The zero-order valence-electron chi connectivity index (χ0n) is 23.1. The van der Waals surface area contributed by atoms with Crippen LogP contribution in [0.5, 0.6) is 0 Å². The number of anilines is 1. The van der Waals surface area contributed by atoms with Gasteiger partial charge in [0.1, 0.15) is 11.5 Å². The van der Waals surface area contributed by atoms with E-state index in [0.717, 1.165) is 37.1 Å². The van der Waals surface area contributed by atoms with Gasteiger partial charge in [0, 0.05) is 53.4 Å². The van der Waals surface area contributed by atoms with Crippen molar-refractivity contribution in [2.24, 2.45) is 5.41 Å². The highest BCUT2D eigenvalue weighted by molar-refractivity contribution is 7.10. The number of benzene rings is 1. The van der Waals surface area contributed by atoms with E-state index in [0.29, 0.717) is 48.2 Å². The first kappa shape index (κ1) is 26.1. The molecule has 41 heavy (non-hydrogen) atoms. The maximum Gasteiger partial charge on any atom is 0.303 e. The van der Waals surface area contributed by atoms with Gasteiger partial charge in [-0.25, -0.2) is 13.9 Å². The Morgan fingerprint density at radius 3 is 2.76 bits per heavy atom. The molecule has 1 N–H and O–H groups in total. The molecule has 4 aromatic rings. The molecule has 5 heterocycles. The van der Waals surface area contributed by atoms with E-state index in [1.165, 1.54) is 16.5 Å². The maximum atomic E-state index is 15.5. The molecule has 1 aliphatic carbocycles. The predicted molar refractivity (Wildman–Crippen MR) is 155 cm³/mol. The van der Waals surface area contributed by atoms with E-state index in [2.05, 4.69) is 18.4 Å². The monoisotopic (exact) mass is 573 g/mol. The smallest absolute Gasteiger partial charge is 0.303 e. The molecule has 2 atom stereocenters. The summed E-state index contributed by atoms with van der Waals surface area (Å²) in [7, 11) is 0. The second-order valence-electron chi connectivity index (χ2n) is 12.1. The van der Waals surface area contributed by atoms with Crippen LogP contribution in [0.2, 0.25) is 0 Å². The Kier molecular flexibility index (Phi) is 6.15. The lowest BCUT2D eigenvalue weighted by Gasteiger charge is -2.33. The van der Waals surface area contributed by atoms with Gasteiger partial charge in [-0.2, -0.15) is 5.10 Å². The van der Waals surface area contributed by atoms with Gasteiger partial charge in [-0.15, -0.1) is 11.3 Å². The molecule has 0 radical (unpaired) electrons. The van der Waals surface area contributed by atoms with E-state index in [1.54, 1.807) is 28.0 Å². The van der Waals surface area contributed by atoms with Gasteiger partial charge in [0.25, 0.3) is 5.91 Å². The van der Waals surface area contributed by atoms with Crippen molar-refractivity contribution in [3.63, 3.8) is 0 Å². The Morgan fingerprint density at radius 1 is 1.17 bits per heavy atom. The molecule has 3 aromatic heterocycles. The molecule has 1 saturated heterocycles. The fourth-order valence-electron chi connectivity index (χ4n) is 6.50. The normalized spacial score (nSPS) is 22.4. The molecule has 10 heteroatoms. The fourth-order valence-corrected chi connectivity index (χ4v) is 7.47. The first-order chi connectivity index (χ1) is 19.7. The number of halogens is 1. The van der Waals surface area contributed by atoms with Crippen LogP contribution in [-0.2, 0) is 11.2 Å². The fraction of sp³-hybridized carbons (Fsp3) is 0.419. The molecule has 7 rings (SSSR count). The third-order valence-electron chi connectivity index (χ3n) is 8.94. The molecule has 0 spiro atoms. The van der Waals surface area contributed by atoms with Crippen molar-refractivity contribution in [1.82, 2.24) is 19.5 Å². The Labute approximate surface area is 241 Å². The van der Waals surface area contributed by atoms with E-state index in [9.17, 15) is 14.7 Å². The SMILES string of the molecule is C[C@@H]1c2ccsc2CCN1C(=O)c1cc(C2CC2)n2nc(-c3ccc(N4CC[C@](C)(CC(=O)O)C4)cc3F)cc2n1. The summed E-state index contributed by atoms with van der Waals surface area (Å²) in [5, 5.41) is 16.1. The number of carbonyl (C=O) groups is 2. The van der Waals surface area contributed by atoms with E-state index in [4.69, 9.17) is 10.1 Å². The van der Waals surface area contributed by atoms with Crippen molar-refractivity contribution in [3.05, 3.63) is 69.4 Å².